The first-order chi connectivity index (χ1) is 26.8. The van der Waals surface area contributed by atoms with E-state index in [9.17, 15) is 0 Å². The molecule has 0 aliphatic heterocycles. The smallest absolute Gasteiger partial charge is 0.00259 e. The topological polar surface area (TPSA) is 0 Å². The number of hydrogen-bond acceptors (Lipinski definition) is 0. The van der Waals surface area contributed by atoms with Crippen molar-refractivity contribution < 1.29 is 0 Å². The molecule has 0 heterocycles. The van der Waals surface area contributed by atoms with Gasteiger partial charge in [-0.25, -0.2) is 0 Å². The van der Waals surface area contributed by atoms with Crippen LogP contribution in [0, 0.1) is 0 Å². The van der Waals surface area contributed by atoms with E-state index in [1.165, 1.54) is 110 Å². The van der Waals surface area contributed by atoms with Crippen molar-refractivity contribution in [2.75, 3.05) is 0 Å². The Morgan fingerprint density at radius 3 is 1.15 bits per heavy atom. The van der Waals surface area contributed by atoms with Gasteiger partial charge in [0.25, 0.3) is 0 Å². The van der Waals surface area contributed by atoms with E-state index >= 15 is 0 Å². The van der Waals surface area contributed by atoms with Crippen LogP contribution in [-0.2, 0) is 0 Å². The van der Waals surface area contributed by atoms with Gasteiger partial charge in [-0.05, 0) is 134 Å². The van der Waals surface area contributed by atoms with Crippen molar-refractivity contribution in [1.29, 1.82) is 0 Å². The largest absolute Gasteiger partial charge is 0.0622 e. The fourth-order valence-corrected chi connectivity index (χ4v) is 9.02. The summed E-state index contributed by atoms with van der Waals surface area (Å²) in [5.41, 5.74) is 17.5. The van der Waals surface area contributed by atoms with Crippen LogP contribution in [0.3, 0.4) is 0 Å². The highest BCUT2D eigenvalue weighted by molar-refractivity contribution is 6.22. The highest BCUT2D eigenvalue weighted by Crippen LogP contribution is 2.50. The summed E-state index contributed by atoms with van der Waals surface area (Å²) in [6.07, 6.45) is 0. The molecule has 0 saturated carbocycles. The van der Waals surface area contributed by atoms with Gasteiger partial charge in [-0.15, -0.1) is 0 Å². The lowest BCUT2D eigenvalue weighted by Crippen LogP contribution is -1.93. The molecule has 0 fully saturated rings. The second kappa shape index (κ2) is 12.3. The van der Waals surface area contributed by atoms with E-state index in [0.717, 1.165) is 0 Å². The Kier molecular flexibility index (Phi) is 6.97. The second-order valence-corrected chi connectivity index (χ2v) is 14.4. The lowest BCUT2D eigenvalue weighted by atomic mass is 9.83. The lowest BCUT2D eigenvalue weighted by molar-refractivity contribution is 1.58. The molecule has 1 aliphatic carbocycles. The zero-order chi connectivity index (χ0) is 35.6. The van der Waals surface area contributed by atoms with Crippen LogP contribution in [-0.4, -0.2) is 0 Å². The van der Waals surface area contributed by atoms with Gasteiger partial charge < -0.3 is 0 Å². The molecule has 0 heteroatoms. The first-order valence-corrected chi connectivity index (χ1v) is 18.8. The first-order valence-electron chi connectivity index (χ1n) is 18.8. The van der Waals surface area contributed by atoms with Gasteiger partial charge in [-0.1, -0.05) is 182 Å². The molecule has 0 N–H and O–H groups in total. The van der Waals surface area contributed by atoms with Crippen molar-refractivity contribution in [2.24, 2.45) is 0 Å². The van der Waals surface area contributed by atoms with Crippen molar-refractivity contribution in [2.45, 2.75) is 0 Å². The van der Waals surface area contributed by atoms with E-state index in [-0.39, 0.29) is 0 Å². The van der Waals surface area contributed by atoms with Crippen molar-refractivity contribution in [3.63, 3.8) is 0 Å². The van der Waals surface area contributed by atoms with Crippen LogP contribution in [0.5, 0.6) is 0 Å². The Bertz CT molecular complexity index is 2960. The van der Waals surface area contributed by atoms with Gasteiger partial charge in [0.1, 0.15) is 0 Å². The van der Waals surface area contributed by atoms with E-state index in [0.29, 0.717) is 0 Å². The SMILES string of the molecule is c1ccc(-c2cc(-c3ccccc3)cc(-c3c4ccccc4c(-c4ccc5c(c4)-c4ccccc4-c4cccc6cccc-5c46)c4ccccc34)c2)cc1. The van der Waals surface area contributed by atoms with Crippen LogP contribution < -0.4 is 0 Å². The van der Waals surface area contributed by atoms with Crippen molar-refractivity contribution in [1.82, 2.24) is 0 Å². The summed E-state index contributed by atoms with van der Waals surface area (Å²) < 4.78 is 0. The summed E-state index contributed by atoms with van der Waals surface area (Å²) in [4.78, 5) is 0. The summed E-state index contributed by atoms with van der Waals surface area (Å²) in [6.45, 7) is 0. The molecule has 0 radical (unpaired) electrons. The molecule has 1 aliphatic rings. The highest BCUT2D eigenvalue weighted by Gasteiger charge is 2.23. The van der Waals surface area contributed by atoms with E-state index in [4.69, 9.17) is 0 Å². The molecule has 54 heavy (non-hydrogen) atoms. The number of benzene rings is 10. The fraction of sp³-hybridized carbons (Fsp3) is 0. The fourth-order valence-electron chi connectivity index (χ4n) is 9.02. The van der Waals surface area contributed by atoms with Gasteiger partial charge in [0, 0.05) is 0 Å². The highest BCUT2D eigenvalue weighted by atomic mass is 14.3. The van der Waals surface area contributed by atoms with Crippen LogP contribution in [0.4, 0.5) is 0 Å². The van der Waals surface area contributed by atoms with Crippen LogP contribution in [0.25, 0.3) is 110 Å². The van der Waals surface area contributed by atoms with E-state index < -0.39 is 0 Å². The van der Waals surface area contributed by atoms with E-state index in [1.54, 1.807) is 0 Å². The van der Waals surface area contributed by atoms with Crippen LogP contribution in [0.1, 0.15) is 0 Å². The predicted octanol–water partition coefficient (Wildman–Crippen LogP) is 15.1. The Hall–Kier alpha value is -7.02. The third-order valence-electron chi connectivity index (χ3n) is 11.4. The number of fused-ring (bicyclic) bond motifs is 7. The minimum absolute atomic E-state index is 1.21. The standard InChI is InChI=1S/C54H34/c1-3-15-35(16-4-1)39-31-40(36-17-5-2-6-18-36)33-41(32-39)54-49-25-11-9-23-47(49)53(48-24-10-12-26-50(48)54)38-29-30-44-46-28-14-20-37-19-13-27-45(52(37)46)42-21-7-8-22-43(42)51(44)34-38/h1-34H. The Morgan fingerprint density at radius 1 is 0.204 bits per heavy atom. The number of hydrogen-bond donors (Lipinski definition) is 0. The first kappa shape index (κ1) is 30.6. The summed E-state index contributed by atoms with van der Waals surface area (Å²) in [7, 11) is 0. The quantitative estimate of drug-likeness (QED) is 0.162. The molecule has 10 aromatic rings. The van der Waals surface area contributed by atoms with Gasteiger partial charge in [-0.2, -0.15) is 0 Å². The van der Waals surface area contributed by atoms with Crippen LogP contribution in [0.2, 0.25) is 0 Å². The van der Waals surface area contributed by atoms with Crippen molar-refractivity contribution in [3.8, 4) is 77.9 Å². The van der Waals surface area contributed by atoms with Crippen LogP contribution in [0.15, 0.2) is 206 Å². The molecule has 0 nitrogen and oxygen atoms in total. The Labute approximate surface area is 315 Å². The Morgan fingerprint density at radius 2 is 0.611 bits per heavy atom. The van der Waals surface area contributed by atoms with E-state index in [1.807, 2.05) is 0 Å². The molecule has 0 aromatic heterocycles. The van der Waals surface area contributed by atoms with Crippen LogP contribution >= 0.6 is 0 Å². The van der Waals surface area contributed by atoms with E-state index in [2.05, 4.69) is 206 Å². The summed E-state index contributed by atoms with van der Waals surface area (Å²) in [5, 5.41) is 7.61. The van der Waals surface area contributed by atoms with Crippen molar-refractivity contribution in [3.05, 3.63) is 206 Å². The molecule has 250 valence electrons. The minimum atomic E-state index is 1.21. The maximum absolute atomic E-state index is 2.45. The average molecular weight is 683 g/mol. The zero-order valence-corrected chi connectivity index (χ0v) is 29.6. The molecule has 11 rings (SSSR count). The van der Waals surface area contributed by atoms with Gasteiger partial charge >= 0.3 is 0 Å². The molecular formula is C54H34. The average Bonchev–Trinajstić information content (AvgIpc) is 3.37. The third kappa shape index (κ3) is 4.78. The molecule has 0 spiro atoms. The second-order valence-electron chi connectivity index (χ2n) is 14.4. The summed E-state index contributed by atoms with van der Waals surface area (Å²) >= 11 is 0. The monoisotopic (exact) mass is 682 g/mol. The lowest BCUT2D eigenvalue weighted by Gasteiger charge is -2.20. The zero-order valence-electron chi connectivity index (χ0n) is 29.6. The molecule has 0 amide bonds. The number of rotatable bonds is 4. The van der Waals surface area contributed by atoms with Crippen molar-refractivity contribution >= 4 is 32.3 Å². The Balaban J connectivity index is 1.20. The maximum atomic E-state index is 2.45. The van der Waals surface area contributed by atoms with Gasteiger partial charge in [0.05, 0.1) is 0 Å². The molecule has 0 bridgehead atoms. The molecule has 0 saturated heterocycles. The molecule has 10 aromatic carbocycles. The molecular weight excluding hydrogens is 649 g/mol. The van der Waals surface area contributed by atoms with Gasteiger partial charge in [-0.3, -0.25) is 0 Å². The minimum Gasteiger partial charge on any atom is -0.0622 e. The molecule has 0 unspecified atom stereocenters. The maximum Gasteiger partial charge on any atom is -0.00259 e. The van der Waals surface area contributed by atoms with Gasteiger partial charge in [0.15, 0.2) is 0 Å². The molecule has 0 atom stereocenters. The van der Waals surface area contributed by atoms with Gasteiger partial charge in [0.2, 0.25) is 0 Å². The summed E-state index contributed by atoms with van der Waals surface area (Å²) in [6, 6.07) is 76.2. The normalized spacial score (nSPS) is 11.7. The third-order valence-corrected chi connectivity index (χ3v) is 11.4. The summed E-state index contributed by atoms with van der Waals surface area (Å²) in [5.74, 6) is 0. The predicted molar refractivity (Wildman–Crippen MR) is 231 cm³/mol.